The molecule has 0 N–H and O–H groups in total. The fourth-order valence-corrected chi connectivity index (χ4v) is 4.34. The van der Waals surface area contributed by atoms with Gasteiger partial charge in [-0.25, -0.2) is 8.42 Å². The van der Waals surface area contributed by atoms with Crippen LogP contribution in [0.5, 0.6) is 5.75 Å². The minimum absolute atomic E-state index is 0.0558. The van der Waals surface area contributed by atoms with E-state index in [2.05, 4.69) is 4.74 Å². The second-order valence-electron chi connectivity index (χ2n) is 7.07. The number of hydrogen-bond acceptors (Lipinski definition) is 4. The molecule has 0 unspecified atom stereocenters. The van der Waals surface area contributed by atoms with Crippen molar-refractivity contribution in [3.8, 4) is 5.75 Å². The van der Waals surface area contributed by atoms with Gasteiger partial charge < -0.3 is 9.64 Å². The molecule has 1 amide bonds. The Morgan fingerprint density at radius 2 is 1.74 bits per heavy atom. The van der Waals surface area contributed by atoms with Gasteiger partial charge in [0.15, 0.2) is 9.84 Å². The van der Waals surface area contributed by atoms with Crippen LogP contribution in [0.2, 0.25) is 0 Å². The summed E-state index contributed by atoms with van der Waals surface area (Å²) in [6.45, 7) is 4.32. The van der Waals surface area contributed by atoms with Crippen molar-refractivity contribution in [2.75, 3.05) is 18.8 Å². The third-order valence-corrected chi connectivity index (χ3v) is 7.04. The number of sulfone groups is 1. The molecule has 0 bridgehead atoms. The fourth-order valence-electron chi connectivity index (χ4n) is 2.97. The lowest BCUT2D eigenvalue weighted by Crippen LogP contribution is -2.41. The SMILES string of the molecule is CC(C)S(=O)(=O)CC1CCN(C(=O)Cc2ccc(OC(F)(F)F)cc2)CC1. The molecule has 1 aliphatic rings. The monoisotopic (exact) mass is 407 g/mol. The molecule has 0 radical (unpaired) electrons. The third-order valence-electron chi connectivity index (χ3n) is 4.67. The van der Waals surface area contributed by atoms with Crippen molar-refractivity contribution in [3.63, 3.8) is 0 Å². The number of piperidine rings is 1. The van der Waals surface area contributed by atoms with E-state index in [0.29, 0.717) is 31.5 Å². The van der Waals surface area contributed by atoms with Crippen LogP contribution in [0, 0.1) is 5.92 Å². The minimum Gasteiger partial charge on any atom is -0.406 e. The first-order valence-electron chi connectivity index (χ1n) is 8.80. The smallest absolute Gasteiger partial charge is 0.406 e. The van der Waals surface area contributed by atoms with Crippen LogP contribution >= 0.6 is 0 Å². The first-order valence-corrected chi connectivity index (χ1v) is 10.5. The topological polar surface area (TPSA) is 63.7 Å². The maximum Gasteiger partial charge on any atom is 0.573 e. The van der Waals surface area contributed by atoms with Gasteiger partial charge in [-0.15, -0.1) is 13.2 Å². The largest absolute Gasteiger partial charge is 0.573 e. The van der Waals surface area contributed by atoms with E-state index in [4.69, 9.17) is 0 Å². The van der Waals surface area contributed by atoms with Crippen LogP contribution in [0.3, 0.4) is 0 Å². The number of ether oxygens (including phenoxy) is 1. The van der Waals surface area contributed by atoms with Crippen LogP contribution in [0.4, 0.5) is 13.2 Å². The minimum atomic E-state index is -4.75. The molecular weight excluding hydrogens is 383 g/mol. The van der Waals surface area contributed by atoms with Crippen molar-refractivity contribution < 1.29 is 31.1 Å². The highest BCUT2D eigenvalue weighted by Crippen LogP contribution is 2.24. The summed E-state index contributed by atoms with van der Waals surface area (Å²) in [6.07, 6.45) is -3.39. The van der Waals surface area contributed by atoms with Gasteiger partial charge in [-0.3, -0.25) is 4.79 Å². The lowest BCUT2D eigenvalue weighted by molar-refractivity contribution is -0.274. The molecule has 0 spiro atoms. The molecule has 0 saturated carbocycles. The van der Waals surface area contributed by atoms with E-state index in [1.165, 1.54) is 24.3 Å². The van der Waals surface area contributed by atoms with E-state index in [-0.39, 0.29) is 29.7 Å². The van der Waals surface area contributed by atoms with Crippen LogP contribution in [0.15, 0.2) is 24.3 Å². The molecule has 0 atom stereocenters. The Labute approximate surface area is 157 Å². The first-order chi connectivity index (χ1) is 12.5. The van der Waals surface area contributed by atoms with Gasteiger partial charge >= 0.3 is 6.36 Å². The zero-order chi connectivity index (χ0) is 20.2. The summed E-state index contributed by atoms with van der Waals surface area (Å²) >= 11 is 0. The number of halogens is 3. The van der Waals surface area contributed by atoms with E-state index in [9.17, 15) is 26.4 Å². The van der Waals surface area contributed by atoms with E-state index in [1.54, 1.807) is 18.7 Å². The summed E-state index contributed by atoms with van der Waals surface area (Å²) in [6, 6.07) is 5.22. The van der Waals surface area contributed by atoms with Gasteiger partial charge in [0, 0.05) is 13.1 Å². The van der Waals surface area contributed by atoms with Crippen LogP contribution in [0.25, 0.3) is 0 Å². The molecular formula is C18H24F3NO4S. The number of likely N-dealkylation sites (tertiary alicyclic amines) is 1. The fraction of sp³-hybridized carbons (Fsp3) is 0.611. The summed E-state index contributed by atoms with van der Waals surface area (Å²) in [5.41, 5.74) is 0.596. The van der Waals surface area contributed by atoms with Crippen molar-refractivity contribution >= 4 is 15.7 Å². The number of benzene rings is 1. The quantitative estimate of drug-likeness (QED) is 0.727. The molecule has 1 aliphatic heterocycles. The number of rotatable bonds is 6. The third kappa shape index (κ3) is 6.71. The Morgan fingerprint density at radius 3 is 2.22 bits per heavy atom. The molecule has 2 rings (SSSR count). The van der Waals surface area contributed by atoms with Gasteiger partial charge in [0.05, 0.1) is 17.4 Å². The van der Waals surface area contributed by atoms with E-state index < -0.39 is 21.4 Å². The normalized spacial score (nSPS) is 16.6. The molecule has 5 nitrogen and oxygen atoms in total. The highest BCUT2D eigenvalue weighted by Gasteiger charge is 2.31. The maximum atomic E-state index is 12.4. The molecule has 1 saturated heterocycles. The van der Waals surface area contributed by atoms with Gasteiger partial charge in [-0.1, -0.05) is 12.1 Å². The number of alkyl halides is 3. The Morgan fingerprint density at radius 1 is 1.19 bits per heavy atom. The highest BCUT2D eigenvalue weighted by atomic mass is 32.2. The number of hydrogen-bond donors (Lipinski definition) is 0. The van der Waals surface area contributed by atoms with Crippen LogP contribution < -0.4 is 4.74 Å². The average molecular weight is 407 g/mol. The molecule has 1 aromatic carbocycles. The Bertz CT molecular complexity index is 737. The molecule has 0 aliphatic carbocycles. The van der Waals surface area contributed by atoms with E-state index in [0.717, 1.165) is 0 Å². The summed E-state index contributed by atoms with van der Waals surface area (Å²) in [4.78, 5) is 14.1. The van der Waals surface area contributed by atoms with Gasteiger partial charge in [0.1, 0.15) is 5.75 Å². The number of amides is 1. The number of carbonyl (C=O) groups excluding carboxylic acids is 1. The standard InChI is InChI=1S/C18H24F3NO4S/c1-13(2)27(24,25)12-15-7-9-22(10-8-15)17(23)11-14-3-5-16(6-4-14)26-18(19,20)21/h3-6,13,15H,7-12H2,1-2H3. The zero-order valence-electron chi connectivity index (χ0n) is 15.3. The Kier molecular flexibility index (Phi) is 6.77. The van der Waals surface area contributed by atoms with Crippen LogP contribution in [0.1, 0.15) is 32.3 Å². The van der Waals surface area contributed by atoms with Crippen molar-refractivity contribution in [1.82, 2.24) is 4.90 Å². The molecule has 152 valence electrons. The summed E-state index contributed by atoms with van der Waals surface area (Å²) in [7, 11) is -3.10. The second kappa shape index (κ2) is 8.50. The van der Waals surface area contributed by atoms with Crippen molar-refractivity contribution in [1.29, 1.82) is 0 Å². The summed E-state index contributed by atoms with van der Waals surface area (Å²) in [5, 5.41) is -0.401. The van der Waals surface area contributed by atoms with E-state index in [1.807, 2.05) is 0 Å². The molecule has 1 heterocycles. The summed E-state index contributed by atoms with van der Waals surface area (Å²) in [5.74, 6) is -0.247. The predicted molar refractivity (Wildman–Crippen MR) is 95.1 cm³/mol. The van der Waals surface area contributed by atoms with Crippen molar-refractivity contribution in [3.05, 3.63) is 29.8 Å². The maximum absolute atomic E-state index is 12.4. The predicted octanol–water partition coefficient (Wildman–Crippen LogP) is 3.19. The Balaban J connectivity index is 1.84. The lowest BCUT2D eigenvalue weighted by Gasteiger charge is -2.32. The van der Waals surface area contributed by atoms with Gasteiger partial charge in [-0.05, 0) is 50.3 Å². The van der Waals surface area contributed by atoms with Crippen molar-refractivity contribution in [2.24, 2.45) is 5.92 Å². The van der Waals surface area contributed by atoms with Gasteiger partial charge in [0.2, 0.25) is 5.91 Å². The van der Waals surface area contributed by atoms with Gasteiger partial charge in [0.25, 0.3) is 0 Å². The molecule has 9 heteroatoms. The van der Waals surface area contributed by atoms with Crippen LogP contribution in [-0.2, 0) is 21.1 Å². The molecule has 1 fully saturated rings. The highest BCUT2D eigenvalue weighted by molar-refractivity contribution is 7.91. The number of carbonyl (C=O) groups is 1. The zero-order valence-corrected chi connectivity index (χ0v) is 16.1. The molecule has 27 heavy (non-hydrogen) atoms. The lowest BCUT2D eigenvalue weighted by atomic mass is 9.98. The number of nitrogens with zero attached hydrogens (tertiary/aromatic N) is 1. The molecule has 0 aromatic heterocycles. The molecule has 1 aromatic rings. The summed E-state index contributed by atoms with van der Waals surface area (Å²) < 4.78 is 64.3. The van der Waals surface area contributed by atoms with E-state index >= 15 is 0 Å². The second-order valence-corrected chi connectivity index (χ2v) is 9.67. The van der Waals surface area contributed by atoms with Crippen molar-refractivity contribution in [2.45, 2.75) is 44.7 Å². The van der Waals surface area contributed by atoms with Gasteiger partial charge in [-0.2, -0.15) is 0 Å². The van der Waals surface area contributed by atoms with Crippen LogP contribution in [-0.4, -0.2) is 49.7 Å². The first kappa shape index (κ1) is 21.5. The Hall–Kier alpha value is -1.77. The average Bonchev–Trinajstić information content (AvgIpc) is 2.55.